The van der Waals surface area contributed by atoms with Gasteiger partial charge in [-0.3, -0.25) is 0 Å². The number of hydrogen-bond donors (Lipinski definition) is 1. The Balaban J connectivity index is 3.02. The molecule has 1 rings (SSSR count). The molecule has 2 N–H and O–H groups in total. The molecule has 0 atom stereocenters. The molecule has 0 aromatic heterocycles. The van der Waals surface area contributed by atoms with Crippen LogP contribution in [0.4, 0.5) is 0 Å². The van der Waals surface area contributed by atoms with Gasteiger partial charge in [-0.25, -0.2) is 0 Å². The number of rotatable bonds is 6. The first-order valence-corrected chi connectivity index (χ1v) is 6.08. The summed E-state index contributed by atoms with van der Waals surface area (Å²) in [5.74, 6) is 1.72. The highest BCUT2D eigenvalue weighted by Crippen LogP contribution is 2.28. The van der Waals surface area contributed by atoms with Gasteiger partial charge < -0.3 is 15.2 Å². The highest BCUT2D eigenvalue weighted by atomic mass is 16.5. The summed E-state index contributed by atoms with van der Waals surface area (Å²) in [5, 5.41) is 0. The first-order chi connectivity index (χ1) is 8.08. The molecular formula is C14H23NO2. The minimum atomic E-state index is -0.167. The van der Waals surface area contributed by atoms with Crippen LogP contribution in [0.25, 0.3) is 0 Å². The summed E-state index contributed by atoms with van der Waals surface area (Å²) in [6.07, 6.45) is 2.70. The summed E-state index contributed by atoms with van der Waals surface area (Å²) in [6.45, 7) is 4.24. The summed E-state index contributed by atoms with van der Waals surface area (Å²) in [7, 11) is 3.35. The lowest BCUT2D eigenvalue weighted by Gasteiger charge is -2.27. The third-order valence-electron chi connectivity index (χ3n) is 3.44. The number of nitrogens with two attached hydrogens (primary N) is 1. The Bertz CT molecular complexity index is 359. The maximum Gasteiger partial charge on any atom is 0.122 e. The molecule has 17 heavy (non-hydrogen) atoms. The van der Waals surface area contributed by atoms with Crippen molar-refractivity contribution in [1.82, 2.24) is 0 Å². The van der Waals surface area contributed by atoms with Crippen LogP contribution in [0, 0.1) is 0 Å². The third kappa shape index (κ3) is 3.37. The highest BCUT2D eigenvalue weighted by Gasteiger charge is 2.22. The van der Waals surface area contributed by atoms with Crippen molar-refractivity contribution < 1.29 is 9.47 Å². The number of ether oxygens (including phenoxy) is 2. The molecule has 1 aromatic rings. The van der Waals surface area contributed by atoms with Gasteiger partial charge in [0, 0.05) is 5.54 Å². The Kier molecular flexibility index (Phi) is 4.82. The van der Waals surface area contributed by atoms with E-state index in [9.17, 15) is 0 Å². The van der Waals surface area contributed by atoms with Crippen molar-refractivity contribution in [2.75, 3.05) is 14.2 Å². The number of benzene rings is 1. The molecule has 3 heteroatoms. The minimum absolute atomic E-state index is 0.167. The van der Waals surface area contributed by atoms with E-state index in [1.165, 1.54) is 0 Å². The van der Waals surface area contributed by atoms with Crippen molar-refractivity contribution in [3.63, 3.8) is 0 Å². The average molecular weight is 237 g/mol. The monoisotopic (exact) mass is 237 g/mol. The predicted octanol–water partition coefficient (Wildman–Crippen LogP) is 2.76. The first-order valence-electron chi connectivity index (χ1n) is 6.08. The van der Waals surface area contributed by atoms with Gasteiger partial charge in [0.15, 0.2) is 0 Å². The zero-order chi connectivity index (χ0) is 12.9. The fourth-order valence-corrected chi connectivity index (χ4v) is 1.90. The second-order valence-electron chi connectivity index (χ2n) is 4.42. The molecule has 3 nitrogen and oxygen atoms in total. The maximum absolute atomic E-state index is 6.35. The normalized spacial score (nSPS) is 11.4. The Morgan fingerprint density at radius 1 is 1.12 bits per heavy atom. The molecule has 96 valence electrons. The molecule has 0 saturated heterocycles. The molecule has 0 spiro atoms. The van der Waals surface area contributed by atoms with E-state index < -0.39 is 0 Å². The van der Waals surface area contributed by atoms with Crippen LogP contribution in [0.1, 0.15) is 32.3 Å². The van der Waals surface area contributed by atoms with E-state index >= 15 is 0 Å². The van der Waals surface area contributed by atoms with Gasteiger partial charge in [-0.05, 0) is 43.0 Å². The van der Waals surface area contributed by atoms with Gasteiger partial charge in [0.2, 0.25) is 0 Å². The summed E-state index contributed by atoms with van der Waals surface area (Å²) in [4.78, 5) is 0. The molecule has 0 bridgehead atoms. The highest BCUT2D eigenvalue weighted by molar-refractivity contribution is 5.41. The summed E-state index contributed by atoms with van der Waals surface area (Å²) < 4.78 is 10.6. The molecule has 0 amide bonds. The lowest BCUT2D eigenvalue weighted by molar-refractivity contribution is 0.368. The molecule has 0 fully saturated rings. The van der Waals surface area contributed by atoms with Gasteiger partial charge in [-0.2, -0.15) is 0 Å². The molecule has 0 aliphatic heterocycles. The second kappa shape index (κ2) is 5.92. The van der Waals surface area contributed by atoms with Crippen molar-refractivity contribution in [3.05, 3.63) is 23.8 Å². The van der Waals surface area contributed by atoms with Gasteiger partial charge in [0.25, 0.3) is 0 Å². The van der Waals surface area contributed by atoms with Crippen LogP contribution in [-0.4, -0.2) is 19.8 Å². The standard InChI is InChI=1S/C14H23NO2/c1-5-14(15,6-2)10-11-9-12(16-3)7-8-13(11)17-4/h7-9H,5-6,10,15H2,1-4H3. The van der Waals surface area contributed by atoms with Crippen LogP contribution in [0.3, 0.4) is 0 Å². The van der Waals surface area contributed by atoms with Crippen LogP contribution < -0.4 is 15.2 Å². The molecule has 0 radical (unpaired) electrons. The smallest absolute Gasteiger partial charge is 0.122 e. The van der Waals surface area contributed by atoms with Crippen molar-refractivity contribution in [2.45, 2.75) is 38.6 Å². The Labute approximate surface area is 104 Å². The average Bonchev–Trinajstić information content (AvgIpc) is 2.38. The molecule has 1 aromatic carbocycles. The molecular weight excluding hydrogens is 214 g/mol. The van der Waals surface area contributed by atoms with E-state index in [2.05, 4.69) is 13.8 Å². The summed E-state index contributed by atoms with van der Waals surface area (Å²) >= 11 is 0. The summed E-state index contributed by atoms with van der Waals surface area (Å²) in [5.41, 5.74) is 7.29. The number of methoxy groups -OCH3 is 2. The minimum Gasteiger partial charge on any atom is -0.497 e. The van der Waals surface area contributed by atoms with Gasteiger partial charge in [-0.1, -0.05) is 13.8 Å². The van der Waals surface area contributed by atoms with Crippen LogP contribution >= 0.6 is 0 Å². The van der Waals surface area contributed by atoms with Crippen molar-refractivity contribution in [1.29, 1.82) is 0 Å². The fraction of sp³-hybridized carbons (Fsp3) is 0.571. The van der Waals surface area contributed by atoms with Crippen LogP contribution in [-0.2, 0) is 6.42 Å². The quantitative estimate of drug-likeness (QED) is 0.827. The predicted molar refractivity (Wildman–Crippen MR) is 70.8 cm³/mol. The van der Waals surface area contributed by atoms with Crippen LogP contribution in [0.2, 0.25) is 0 Å². The van der Waals surface area contributed by atoms with E-state index in [1.54, 1.807) is 14.2 Å². The lowest BCUT2D eigenvalue weighted by atomic mass is 9.86. The van der Waals surface area contributed by atoms with Gasteiger partial charge in [-0.15, -0.1) is 0 Å². The van der Waals surface area contributed by atoms with Crippen molar-refractivity contribution in [2.24, 2.45) is 5.73 Å². The second-order valence-corrected chi connectivity index (χ2v) is 4.42. The molecule has 0 aliphatic rings. The summed E-state index contributed by atoms with van der Waals surface area (Å²) in [6, 6.07) is 5.84. The lowest BCUT2D eigenvalue weighted by Crippen LogP contribution is -2.40. The van der Waals surface area contributed by atoms with Gasteiger partial charge in [0.1, 0.15) is 11.5 Å². The molecule has 0 saturated carbocycles. The number of hydrogen-bond acceptors (Lipinski definition) is 3. The van der Waals surface area contributed by atoms with E-state index in [4.69, 9.17) is 15.2 Å². The van der Waals surface area contributed by atoms with Crippen molar-refractivity contribution >= 4 is 0 Å². The Morgan fingerprint density at radius 2 is 1.76 bits per heavy atom. The molecule has 0 unspecified atom stereocenters. The SMILES string of the molecule is CCC(N)(CC)Cc1cc(OC)ccc1OC. The van der Waals surface area contributed by atoms with Gasteiger partial charge in [0.05, 0.1) is 14.2 Å². The zero-order valence-electron chi connectivity index (χ0n) is 11.2. The van der Waals surface area contributed by atoms with Crippen LogP contribution in [0.15, 0.2) is 18.2 Å². The third-order valence-corrected chi connectivity index (χ3v) is 3.44. The van der Waals surface area contributed by atoms with Crippen LogP contribution in [0.5, 0.6) is 11.5 Å². The fourth-order valence-electron chi connectivity index (χ4n) is 1.90. The maximum atomic E-state index is 6.35. The van der Waals surface area contributed by atoms with Gasteiger partial charge >= 0.3 is 0 Å². The zero-order valence-corrected chi connectivity index (χ0v) is 11.2. The first kappa shape index (κ1) is 13.8. The van der Waals surface area contributed by atoms with E-state index in [0.29, 0.717) is 0 Å². The van der Waals surface area contributed by atoms with E-state index in [1.807, 2.05) is 18.2 Å². The Morgan fingerprint density at radius 3 is 2.24 bits per heavy atom. The van der Waals surface area contributed by atoms with E-state index in [0.717, 1.165) is 36.3 Å². The topological polar surface area (TPSA) is 44.5 Å². The molecule has 0 aliphatic carbocycles. The van der Waals surface area contributed by atoms with E-state index in [-0.39, 0.29) is 5.54 Å². The Hall–Kier alpha value is -1.22. The largest absolute Gasteiger partial charge is 0.497 e. The van der Waals surface area contributed by atoms with Crippen molar-refractivity contribution in [3.8, 4) is 11.5 Å². The molecule has 0 heterocycles.